The lowest BCUT2D eigenvalue weighted by molar-refractivity contribution is 0.725. The summed E-state index contributed by atoms with van der Waals surface area (Å²) in [5.41, 5.74) is 0. The van der Waals surface area contributed by atoms with E-state index in [2.05, 4.69) is 27.7 Å². The van der Waals surface area contributed by atoms with Gasteiger partial charge in [0.15, 0.2) is 0 Å². The van der Waals surface area contributed by atoms with Crippen LogP contribution in [0.5, 0.6) is 0 Å². The molecule has 11 heavy (non-hydrogen) atoms. The fourth-order valence-corrected chi connectivity index (χ4v) is 1.98. The molecule has 0 aromatic heterocycles. The minimum absolute atomic E-state index is 0.905. The molecule has 0 aromatic rings. The summed E-state index contributed by atoms with van der Waals surface area (Å²) >= 11 is 0. The fraction of sp³-hybridized carbons (Fsp3) is 1.00. The van der Waals surface area contributed by atoms with E-state index in [0.29, 0.717) is 0 Å². The molecule has 0 rings (SSSR count). The lowest BCUT2D eigenvalue weighted by Crippen LogP contribution is -1.94. The van der Waals surface area contributed by atoms with E-state index >= 15 is 0 Å². The zero-order valence-electron chi connectivity index (χ0n) is 9.07. The van der Waals surface area contributed by atoms with Gasteiger partial charge in [-0.25, -0.2) is 0 Å². The topological polar surface area (TPSA) is 0 Å². The van der Waals surface area contributed by atoms with E-state index in [4.69, 9.17) is 0 Å². The van der Waals surface area contributed by atoms with Crippen LogP contribution in [0.2, 0.25) is 0 Å². The molecular formula is C10H25P. The first-order valence-electron chi connectivity index (χ1n) is 4.83. The summed E-state index contributed by atoms with van der Waals surface area (Å²) in [7, 11) is 1.19. The molecule has 0 bridgehead atoms. The Morgan fingerprint density at radius 2 is 1.09 bits per heavy atom. The van der Waals surface area contributed by atoms with Crippen molar-refractivity contribution in [1.82, 2.24) is 0 Å². The Bertz CT molecular complexity index is 49.9. The third-order valence-corrected chi connectivity index (χ3v) is 3.32. The first kappa shape index (κ1) is 14.0. The first-order chi connectivity index (χ1) is 5.13. The Hall–Kier alpha value is 0.430. The molecule has 0 fully saturated rings. The van der Waals surface area contributed by atoms with Crippen molar-refractivity contribution in [3.63, 3.8) is 0 Å². The lowest BCUT2D eigenvalue weighted by atomic mass is 10.3. The van der Waals surface area contributed by atoms with Gasteiger partial charge in [0, 0.05) is 0 Å². The summed E-state index contributed by atoms with van der Waals surface area (Å²) in [5.74, 6) is 1.81. The maximum Gasteiger partial charge on any atom is -0.0330 e. The zero-order valence-corrected chi connectivity index (χ0v) is 10.1. The van der Waals surface area contributed by atoms with E-state index in [0.717, 1.165) is 11.8 Å². The maximum absolute atomic E-state index is 2.30. The third-order valence-electron chi connectivity index (χ3n) is 1.11. The molecule has 0 radical (unpaired) electrons. The fourth-order valence-electron chi connectivity index (χ4n) is 0.661. The highest BCUT2D eigenvalue weighted by molar-refractivity contribution is 7.37. The number of rotatable bonds is 4. The highest BCUT2D eigenvalue weighted by Gasteiger charge is 1.95. The average Bonchev–Trinajstić information content (AvgIpc) is 1.90. The summed E-state index contributed by atoms with van der Waals surface area (Å²) in [6.45, 7) is 13.2. The van der Waals surface area contributed by atoms with Gasteiger partial charge in [0.1, 0.15) is 0 Å². The van der Waals surface area contributed by atoms with Gasteiger partial charge in [0.2, 0.25) is 0 Å². The molecule has 0 aliphatic heterocycles. The van der Waals surface area contributed by atoms with E-state index in [1.807, 2.05) is 13.8 Å². The van der Waals surface area contributed by atoms with Crippen LogP contribution in [0.15, 0.2) is 0 Å². The predicted molar refractivity (Wildman–Crippen MR) is 59.1 cm³/mol. The van der Waals surface area contributed by atoms with Gasteiger partial charge >= 0.3 is 0 Å². The molecule has 0 nitrogen and oxygen atoms in total. The van der Waals surface area contributed by atoms with E-state index in [-0.39, 0.29) is 0 Å². The Labute approximate surface area is 74.9 Å². The molecule has 0 amide bonds. The highest BCUT2D eigenvalue weighted by Crippen LogP contribution is 2.17. The van der Waals surface area contributed by atoms with Crippen LogP contribution < -0.4 is 0 Å². The van der Waals surface area contributed by atoms with Gasteiger partial charge in [-0.1, -0.05) is 41.5 Å². The monoisotopic (exact) mass is 176 g/mol. The molecule has 70 valence electrons. The third kappa shape index (κ3) is 17.9. The number of hydrogen-bond donors (Lipinski definition) is 0. The molecule has 0 saturated carbocycles. The van der Waals surface area contributed by atoms with Crippen LogP contribution in [0.1, 0.15) is 41.5 Å². The molecule has 0 aliphatic carbocycles. The smallest absolute Gasteiger partial charge is 0.0330 e. The molecule has 0 aromatic carbocycles. The van der Waals surface area contributed by atoms with E-state index in [1.54, 1.807) is 0 Å². The van der Waals surface area contributed by atoms with Crippen LogP contribution in [-0.2, 0) is 0 Å². The summed E-state index contributed by atoms with van der Waals surface area (Å²) < 4.78 is 0. The van der Waals surface area contributed by atoms with Gasteiger partial charge in [-0.05, 0) is 24.2 Å². The summed E-state index contributed by atoms with van der Waals surface area (Å²) in [6.07, 6.45) is 2.86. The molecule has 0 atom stereocenters. The van der Waals surface area contributed by atoms with Gasteiger partial charge in [0.05, 0.1) is 0 Å². The Morgan fingerprint density at radius 1 is 0.818 bits per heavy atom. The van der Waals surface area contributed by atoms with Crippen molar-refractivity contribution in [3.8, 4) is 0 Å². The summed E-state index contributed by atoms with van der Waals surface area (Å²) in [5, 5.41) is 0. The highest BCUT2D eigenvalue weighted by atomic mass is 31.1. The lowest BCUT2D eigenvalue weighted by Gasteiger charge is -2.06. The van der Waals surface area contributed by atoms with Crippen LogP contribution in [-0.4, -0.2) is 12.3 Å². The maximum atomic E-state index is 2.30. The molecule has 0 saturated heterocycles. The van der Waals surface area contributed by atoms with Crippen molar-refractivity contribution in [1.29, 1.82) is 0 Å². The summed E-state index contributed by atoms with van der Waals surface area (Å²) in [4.78, 5) is 0. The molecule has 0 N–H and O–H groups in total. The van der Waals surface area contributed by atoms with Crippen molar-refractivity contribution in [2.24, 2.45) is 11.8 Å². The van der Waals surface area contributed by atoms with Gasteiger partial charge < -0.3 is 0 Å². The van der Waals surface area contributed by atoms with E-state index in [1.165, 1.54) is 20.9 Å². The van der Waals surface area contributed by atoms with Crippen molar-refractivity contribution < 1.29 is 0 Å². The van der Waals surface area contributed by atoms with Gasteiger partial charge in [-0.2, -0.15) is 0 Å². The normalized spacial score (nSPS) is 9.82. The molecule has 0 spiro atoms. The second-order valence-electron chi connectivity index (χ2n) is 3.45. The molecular weight excluding hydrogens is 151 g/mol. The first-order valence-corrected chi connectivity index (χ1v) is 6.25. The van der Waals surface area contributed by atoms with E-state index in [9.17, 15) is 0 Å². The minimum Gasteiger partial charge on any atom is -0.122 e. The van der Waals surface area contributed by atoms with Crippen LogP contribution in [0.3, 0.4) is 0 Å². The molecule has 0 aliphatic rings. The van der Waals surface area contributed by atoms with Crippen LogP contribution in [0.4, 0.5) is 0 Å². The summed E-state index contributed by atoms with van der Waals surface area (Å²) in [6, 6.07) is 0. The zero-order chi connectivity index (χ0) is 9.28. The predicted octanol–water partition coefficient (Wildman–Crippen LogP) is 4.00. The largest absolute Gasteiger partial charge is 0.122 e. The Kier molecular flexibility index (Phi) is 13.3. The number of hydrogen-bond acceptors (Lipinski definition) is 0. The van der Waals surface area contributed by atoms with Crippen molar-refractivity contribution in [3.05, 3.63) is 0 Å². The van der Waals surface area contributed by atoms with Crippen molar-refractivity contribution >= 4 is 8.58 Å². The SMILES string of the molecule is CC.CC(C)CPCC(C)C. The minimum atomic E-state index is 0.905. The van der Waals surface area contributed by atoms with Crippen LogP contribution in [0.25, 0.3) is 0 Å². The molecule has 0 heterocycles. The van der Waals surface area contributed by atoms with Gasteiger partial charge in [-0.3, -0.25) is 0 Å². The van der Waals surface area contributed by atoms with Crippen LogP contribution in [0, 0.1) is 11.8 Å². The quantitative estimate of drug-likeness (QED) is 0.568. The Morgan fingerprint density at radius 3 is 1.27 bits per heavy atom. The van der Waals surface area contributed by atoms with Gasteiger partial charge in [0.25, 0.3) is 0 Å². The van der Waals surface area contributed by atoms with Gasteiger partial charge in [-0.15, -0.1) is 8.58 Å². The second-order valence-corrected chi connectivity index (χ2v) is 4.76. The van der Waals surface area contributed by atoms with Crippen molar-refractivity contribution in [2.75, 3.05) is 12.3 Å². The average molecular weight is 176 g/mol. The van der Waals surface area contributed by atoms with Crippen molar-refractivity contribution in [2.45, 2.75) is 41.5 Å². The second kappa shape index (κ2) is 10.4. The Balaban J connectivity index is 0. The van der Waals surface area contributed by atoms with E-state index < -0.39 is 0 Å². The standard InChI is InChI=1S/C8H19P.C2H6/c1-7(2)5-9-6-8(3)4;1-2/h7-9H,5-6H2,1-4H3;1-2H3. The van der Waals surface area contributed by atoms with Crippen LogP contribution >= 0.6 is 8.58 Å². The molecule has 1 heteroatoms. The molecule has 0 unspecified atom stereocenters.